The van der Waals surface area contributed by atoms with Gasteiger partial charge >= 0.3 is 0 Å². The third-order valence-corrected chi connectivity index (χ3v) is 4.12. The predicted octanol–water partition coefficient (Wildman–Crippen LogP) is 3.17. The van der Waals surface area contributed by atoms with Crippen LogP contribution in [0.2, 0.25) is 5.28 Å². The predicted molar refractivity (Wildman–Crippen MR) is 59.1 cm³/mol. The first-order valence-corrected chi connectivity index (χ1v) is 6.25. The van der Waals surface area contributed by atoms with Gasteiger partial charge in [0, 0.05) is 12.0 Å². The molecule has 2 aliphatic rings. The molecule has 0 bridgehead atoms. The summed E-state index contributed by atoms with van der Waals surface area (Å²) >= 11 is 6.13. The van der Waals surface area contributed by atoms with Gasteiger partial charge in [0.2, 0.25) is 5.28 Å². The summed E-state index contributed by atoms with van der Waals surface area (Å²) in [6.07, 6.45) is 6.55. The fraction of sp³-hybridized carbons (Fsp3) is 0.818. The van der Waals surface area contributed by atoms with Crippen molar-refractivity contribution in [1.29, 1.82) is 0 Å². The van der Waals surface area contributed by atoms with Gasteiger partial charge in [0.05, 0.1) is 0 Å². The normalized spacial score (nSPS) is 23.9. The Labute approximate surface area is 94.8 Å². The van der Waals surface area contributed by atoms with Crippen LogP contribution in [0.5, 0.6) is 0 Å². The van der Waals surface area contributed by atoms with Gasteiger partial charge < -0.3 is 0 Å². The maximum atomic E-state index is 6.13. The van der Waals surface area contributed by atoms with Gasteiger partial charge in [-0.2, -0.15) is 0 Å². The summed E-state index contributed by atoms with van der Waals surface area (Å²) in [5, 5.41) is 8.82. The van der Waals surface area contributed by atoms with Crippen LogP contribution in [0.25, 0.3) is 0 Å². The lowest BCUT2D eigenvalue weighted by Gasteiger charge is -2.33. The first kappa shape index (κ1) is 9.64. The molecule has 2 saturated carbocycles. The fourth-order valence-electron chi connectivity index (χ4n) is 2.41. The van der Waals surface area contributed by atoms with Crippen LogP contribution in [-0.4, -0.2) is 14.8 Å². The summed E-state index contributed by atoms with van der Waals surface area (Å²) < 4.78 is 2.17. The minimum atomic E-state index is 0.483. The summed E-state index contributed by atoms with van der Waals surface area (Å²) in [5.41, 5.74) is 0. The van der Waals surface area contributed by atoms with E-state index in [-0.39, 0.29) is 0 Å². The molecule has 1 aromatic rings. The molecule has 82 valence electrons. The molecule has 15 heavy (non-hydrogen) atoms. The average molecular weight is 226 g/mol. The van der Waals surface area contributed by atoms with Crippen LogP contribution in [0.1, 0.15) is 56.8 Å². The molecule has 4 heteroatoms. The Morgan fingerprint density at radius 1 is 1.27 bits per heavy atom. The third kappa shape index (κ3) is 1.57. The van der Waals surface area contributed by atoms with Gasteiger partial charge in [-0.15, -0.1) is 10.2 Å². The molecular formula is C11H16ClN3. The molecule has 2 fully saturated rings. The molecule has 1 aromatic heterocycles. The maximum absolute atomic E-state index is 6.13. The summed E-state index contributed by atoms with van der Waals surface area (Å²) in [6, 6.07) is 0.483. The number of halogens is 1. The standard InChI is InChI=1S/C11H16ClN3/c1-7(8-3-2-4-8)15-10(9-5-6-9)13-14-11(15)12/h7-9H,2-6H2,1H3. The molecule has 0 spiro atoms. The van der Waals surface area contributed by atoms with E-state index in [1.165, 1.54) is 32.1 Å². The summed E-state index contributed by atoms with van der Waals surface area (Å²) in [5.74, 6) is 2.54. The van der Waals surface area contributed by atoms with E-state index >= 15 is 0 Å². The highest BCUT2D eigenvalue weighted by Crippen LogP contribution is 2.43. The highest BCUT2D eigenvalue weighted by molar-refractivity contribution is 6.28. The van der Waals surface area contributed by atoms with Gasteiger partial charge in [0.1, 0.15) is 5.82 Å². The zero-order valence-electron chi connectivity index (χ0n) is 8.99. The lowest BCUT2D eigenvalue weighted by Crippen LogP contribution is -2.24. The van der Waals surface area contributed by atoms with Gasteiger partial charge in [-0.1, -0.05) is 6.42 Å². The van der Waals surface area contributed by atoms with Crippen molar-refractivity contribution in [3.8, 4) is 0 Å². The molecule has 1 heterocycles. The molecule has 3 nitrogen and oxygen atoms in total. The molecule has 1 atom stereocenters. The molecule has 2 aliphatic carbocycles. The lowest BCUT2D eigenvalue weighted by molar-refractivity contribution is 0.219. The van der Waals surface area contributed by atoms with E-state index in [1.807, 2.05) is 0 Å². The number of aromatic nitrogens is 3. The van der Waals surface area contributed by atoms with Crippen molar-refractivity contribution < 1.29 is 0 Å². The minimum Gasteiger partial charge on any atom is -0.298 e. The van der Waals surface area contributed by atoms with Crippen molar-refractivity contribution in [3.05, 3.63) is 11.1 Å². The SMILES string of the molecule is CC(C1CCC1)n1c(Cl)nnc1C1CC1. The van der Waals surface area contributed by atoms with Crippen LogP contribution in [0.15, 0.2) is 0 Å². The van der Waals surface area contributed by atoms with Gasteiger partial charge in [-0.3, -0.25) is 4.57 Å². The van der Waals surface area contributed by atoms with Gasteiger partial charge in [0.15, 0.2) is 0 Å². The van der Waals surface area contributed by atoms with E-state index in [0.717, 1.165) is 11.7 Å². The molecule has 0 aromatic carbocycles. The Bertz CT molecular complexity index is 366. The Balaban J connectivity index is 1.90. The van der Waals surface area contributed by atoms with E-state index in [9.17, 15) is 0 Å². The van der Waals surface area contributed by atoms with Crippen molar-refractivity contribution in [2.75, 3.05) is 0 Å². The summed E-state index contributed by atoms with van der Waals surface area (Å²) in [6.45, 7) is 2.25. The first-order chi connectivity index (χ1) is 7.27. The van der Waals surface area contributed by atoms with Crippen LogP contribution in [0.4, 0.5) is 0 Å². The maximum Gasteiger partial charge on any atom is 0.225 e. The third-order valence-electron chi connectivity index (χ3n) is 3.86. The second-order valence-corrected chi connectivity index (χ2v) is 5.24. The molecule has 0 radical (unpaired) electrons. The van der Waals surface area contributed by atoms with Crippen LogP contribution < -0.4 is 0 Å². The zero-order valence-corrected chi connectivity index (χ0v) is 9.74. The fourth-order valence-corrected chi connectivity index (χ4v) is 2.69. The monoisotopic (exact) mass is 225 g/mol. The molecule has 0 aliphatic heterocycles. The molecule has 1 unspecified atom stereocenters. The highest BCUT2D eigenvalue weighted by atomic mass is 35.5. The number of hydrogen-bond donors (Lipinski definition) is 0. The molecule has 0 saturated heterocycles. The van der Waals surface area contributed by atoms with Crippen LogP contribution in [0.3, 0.4) is 0 Å². The largest absolute Gasteiger partial charge is 0.298 e. The second kappa shape index (κ2) is 3.48. The average Bonchev–Trinajstić information content (AvgIpc) is 2.87. The van der Waals surface area contributed by atoms with E-state index in [0.29, 0.717) is 17.2 Å². The smallest absolute Gasteiger partial charge is 0.225 e. The number of hydrogen-bond acceptors (Lipinski definition) is 2. The molecule has 0 N–H and O–H groups in total. The van der Waals surface area contributed by atoms with Crippen LogP contribution in [0, 0.1) is 5.92 Å². The lowest BCUT2D eigenvalue weighted by atomic mass is 9.80. The van der Waals surface area contributed by atoms with Crippen LogP contribution in [-0.2, 0) is 0 Å². The Kier molecular flexibility index (Phi) is 2.23. The topological polar surface area (TPSA) is 30.7 Å². The molecular weight excluding hydrogens is 210 g/mol. The number of nitrogens with zero attached hydrogens (tertiary/aromatic N) is 3. The van der Waals surface area contributed by atoms with E-state index in [4.69, 9.17) is 11.6 Å². The van der Waals surface area contributed by atoms with Gasteiger partial charge in [-0.05, 0) is 50.1 Å². The van der Waals surface area contributed by atoms with E-state index in [2.05, 4.69) is 21.7 Å². The van der Waals surface area contributed by atoms with Crippen molar-refractivity contribution in [2.24, 2.45) is 5.92 Å². The first-order valence-electron chi connectivity index (χ1n) is 5.87. The number of rotatable bonds is 3. The molecule has 0 amide bonds. The Hall–Kier alpha value is -0.570. The van der Waals surface area contributed by atoms with Crippen molar-refractivity contribution in [2.45, 2.75) is 51.0 Å². The van der Waals surface area contributed by atoms with Crippen molar-refractivity contribution in [3.63, 3.8) is 0 Å². The van der Waals surface area contributed by atoms with Gasteiger partial charge in [-0.25, -0.2) is 0 Å². The van der Waals surface area contributed by atoms with Crippen molar-refractivity contribution >= 4 is 11.6 Å². The Morgan fingerprint density at radius 2 is 2.00 bits per heavy atom. The summed E-state index contributed by atoms with van der Waals surface area (Å²) in [4.78, 5) is 0. The minimum absolute atomic E-state index is 0.483. The zero-order chi connectivity index (χ0) is 10.4. The highest BCUT2D eigenvalue weighted by Gasteiger charge is 2.34. The second-order valence-electron chi connectivity index (χ2n) is 4.90. The summed E-state index contributed by atoms with van der Waals surface area (Å²) in [7, 11) is 0. The molecule has 3 rings (SSSR count). The Morgan fingerprint density at radius 3 is 2.53 bits per heavy atom. The van der Waals surface area contributed by atoms with Crippen LogP contribution >= 0.6 is 11.6 Å². The quantitative estimate of drug-likeness (QED) is 0.791. The van der Waals surface area contributed by atoms with E-state index < -0.39 is 0 Å². The van der Waals surface area contributed by atoms with Crippen molar-refractivity contribution in [1.82, 2.24) is 14.8 Å². The van der Waals surface area contributed by atoms with Gasteiger partial charge in [0.25, 0.3) is 0 Å². The van der Waals surface area contributed by atoms with E-state index in [1.54, 1.807) is 0 Å².